The fraction of sp³-hybridized carbons (Fsp3) is 0.500. The number of aliphatic hydroxyl groups is 5. The van der Waals surface area contributed by atoms with Gasteiger partial charge < -0.3 is 41.1 Å². The van der Waals surface area contributed by atoms with Crippen LogP contribution in [0.2, 0.25) is 0 Å². The number of phenolic OH excluding ortho intramolecular Hbond substituents is 2. The first kappa shape index (κ1) is 38.5. The van der Waals surface area contributed by atoms with Crippen molar-refractivity contribution in [2.45, 2.75) is 79.3 Å². The van der Waals surface area contributed by atoms with Gasteiger partial charge in [0.1, 0.15) is 11.5 Å². The van der Waals surface area contributed by atoms with Crippen molar-refractivity contribution in [3.63, 3.8) is 0 Å². The smallest absolute Gasteiger partial charge is 0.251 e. The van der Waals surface area contributed by atoms with Crippen LogP contribution in [0.4, 0.5) is 0 Å². The molecule has 12 heteroatoms. The van der Waals surface area contributed by atoms with E-state index in [4.69, 9.17) is 0 Å². The lowest BCUT2D eigenvalue weighted by atomic mass is 9.76. The van der Waals surface area contributed by atoms with Crippen LogP contribution in [0.5, 0.6) is 11.5 Å². The number of hydrogen-bond acceptors (Lipinski definition) is 11. The molecule has 1 aromatic carbocycles. The van der Waals surface area contributed by atoms with Crippen LogP contribution in [0.15, 0.2) is 47.2 Å². The summed E-state index contributed by atoms with van der Waals surface area (Å²) in [5, 5.41) is 79.1. The lowest BCUT2D eigenvalue weighted by molar-refractivity contribution is -0.116. The number of amides is 1. The Bertz CT molecular complexity index is 1590. The van der Waals surface area contributed by atoms with E-state index in [1.807, 2.05) is 6.92 Å². The highest BCUT2D eigenvalue weighted by Crippen LogP contribution is 2.41. The van der Waals surface area contributed by atoms with Gasteiger partial charge in [-0.3, -0.25) is 19.2 Å². The van der Waals surface area contributed by atoms with E-state index in [9.17, 15) is 54.9 Å². The summed E-state index contributed by atoms with van der Waals surface area (Å²) in [4.78, 5) is 53.8. The number of allylic oxidation sites excluding steroid dienone is 5. The van der Waals surface area contributed by atoms with Gasteiger partial charge in [0.2, 0.25) is 5.78 Å². The van der Waals surface area contributed by atoms with Crippen molar-refractivity contribution in [1.82, 2.24) is 5.32 Å². The number of carbonyl (C=O) groups is 4. The third-order valence-corrected chi connectivity index (χ3v) is 9.83. The fourth-order valence-electron chi connectivity index (χ4n) is 6.36. The number of benzene rings is 1. The quantitative estimate of drug-likeness (QED) is 0.228. The maximum absolute atomic E-state index is 13.8. The number of hydrogen-bond donors (Lipinski definition) is 8. The fourth-order valence-corrected chi connectivity index (χ4v) is 6.36. The summed E-state index contributed by atoms with van der Waals surface area (Å²) in [6.07, 6.45) is 2.09. The van der Waals surface area contributed by atoms with Gasteiger partial charge >= 0.3 is 0 Å². The number of ketones is 3. The molecule has 9 unspecified atom stereocenters. The average molecular weight is 670 g/mol. The van der Waals surface area contributed by atoms with E-state index in [0.717, 1.165) is 6.08 Å². The predicted octanol–water partition coefficient (Wildman–Crippen LogP) is 2.42. The van der Waals surface area contributed by atoms with Crippen molar-refractivity contribution in [1.29, 1.82) is 0 Å². The Kier molecular flexibility index (Phi) is 12.5. The van der Waals surface area contributed by atoms with E-state index in [1.165, 1.54) is 45.9 Å². The Labute approximate surface area is 279 Å². The van der Waals surface area contributed by atoms with Crippen molar-refractivity contribution in [2.75, 3.05) is 6.61 Å². The van der Waals surface area contributed by atoms with Gasteiger partial charge in [-0.05, 0) is 32.8 Å². The Balaban J connectivity index is 2.24. The standard InChI is InChI=1S/C36H47NO11/c1-8-21-11-9-10-15(2)36(48)37-23-13-24(39)25-26(33(45)20(7)34(46)27(25)35(23)47)28(40)16(3)12-22(14-38)32(44)19(6)30(42)17(4)29(41)18(5)31(21)43/h9-13,17-19,21-22,29-32,38,41-46H,8,14H2,1-7H3,(H,37,48)/b11-9+,15-10+,16-12+. The van der Waals surface area contributed by atoms with Crippen molar-refractivity contribution >= 4 is 23.3 Å². The molecule has 0 aromatic heterocycles. The lowest BCUT2D eigenvalue weighted by Crippen LogP contribution is -2.46. The van der Waals surface area contributed by atoms with Crippen molar-refractivity contribution in [2.24, 2.45) is 29.6 Å². The van der Waals surface area contributed by atoms with Crippen LogP contribution in [0.25, 0.3) is 0 Å². The summed E-state index contributed by atoms with van der Waals surface area (Å²) in [5.74, 6) is -9.22. The number of nitrogens with one attached hydrogen (secondary N) is 1. The number of carbonyl (C=O) groups excluding carboxylic acids is 4. The Morgan fingerprint density at radius 2 is 1.21 bits per heavy atom. The summed E-state index contributed by atoms with van der Waals surface area (Å²) >= 11 is 0. The van der Waals surface area contributed by atoms with Gasteiger partial charge in [-0.2, -0.15) is 0 Å². The maximum atomic E-state index is 13.8. The minimum absolute atomic E-state index is 0.125. The van der Waals surface area contributed by atoms with E-state index in [-0.39, 0.29) is 16.7 Å². The zero-order valence-corrected chi connectivity index (χ0v) is 28.3. The minimum atomic E-state index is -1.44. The van der Waals surface area contributed by atoms with E-state index >= 15 is 0 Å². The van der Waals surface area contributed by atoms with Crippen molar-refractivity contribution in [3.05, 3.63) is 69.5 Å². The van der Waals surface area contributed by atoms with Gasteiger partial charge in [-0.25, -0.2) is 0 Å². The zero-order valence-electron chi connectivity index (χ0n) is 28.3. The first-order valence-corrected chi connectivity index (χ1v) is 16.0. The number of Topliss-reactive ketones (excluding diaryl/α,β-unsaturated/α-hetero) is 2. The largest absolute Gasteiger partial charge is 0.507 e. The van der Waals surface area contributed by atoms with Crippen LogP contribution in [0.1, 0.15) is 84.6 Å². The molecule has 1 aliphatic carbocycles. The monoisotopic (exact) mass is 669 g/mol. The first-order chi connectivity index (χ1) is 22.4. The van der Waals surface area contributed by atoms with E-state index in [1.54, 1.807) is 19.9 Å². The molecule has 0 saturated carbocycles. The molecule has 4 rings (SSSR count). The molecule has 9 atom stereocenters. The highest BCUT2D eigenvalue weighted by Gasteiger charge is 2.40. The predicted molar refractivity (Wildman–Crippen MR) is 176 cm³/mol. The average Bonchev–Trinajstić information content (AvgIpc) is 3.06. The van der Waals surface area contributed by atoms with Crippen LogP contribution >= 0.6 is 0 Å². The third kappa shape index (κ3) is 7.37. The Morgan fingerprint density at radius 1 is 0.708 bits per heavy atom. The molecule has 4 bridgehead atoms. The molecular formula is C36H47NO11. The molecule has 48 heavy (non-hydrogen) atoms. The van der Waals surface area contributed by atoms with Crippen LogP contribution in [0, 0.1) is 36.5 Å². The van der Waals surface area contributed by atoms with Crippen LogP contribution in [-0.2, 0) is 4.79 Å². The topological polar surface area (TPSA) is 222 Å². The zero-order chi connectivity index (χ0) is 36.4. The summed E-state index contributed by atoms with van der Waals surface area (Å²) < 4.78 is 0. The molecule has 1 aromatic rings. The summed E-state index contributed by atoms with van der Waals surface area (Å²) in [5.41, 5.74) is -2.48. The summed E-state index contributed by atoms with van der Waals surface area (Å²) in [7, 11) is 0. The highest BCUT2D eigenvalue weighted by molar-refractivity contribution is 6.31. The van der Waals surface area contributed by atoms with Crippen molar-refractivity contribution in [3.8, 4) is 11.5 Å². The second kappa shape index (κ2) is 15.5. The first-order valence-electron chi connectivity index (χ1n) is 16.0. The van der Waals surface area contributed by atoms with E-state index in [2.05, 4.69) is 5.32 Å². The van der Waals surface area contributed by atoms with E-state index < -0.39 is 118 Å². The summed E-state index contributed by atoms with van der Waals surface area (Å²) in [6.45, 7) is 9.88. The van der Waals surface area contributed by atoms with Crippen LogP contribution in [-0.4, -0.2) is 90.0 Å². The van der Waals surface area contributed by atoms with Crippen LogP contribution in [0.3, 0.4) is 0 Å². The molecule has 2 heterocycles. The minimum Gasteiger partial charge on any atom is -0.507 e. The SMILES string of the molecule is CCC1/C=C/C=C(\C)C(=O)NC2=CC(=O)c3c(c(O)c(C)c(O)c3C(=O)/C(C)=C/C(CO)C(O)C(C)C(O)C(C)C(O)C(C)C1O)C2=O. The lowest BCUT2D eigenvalue weighted by Gasteiger charge is -2.37. The van der Waals surface area contributed by atoms with Crippen molar-refractivity contribution < 1.29 is 54.9 Å². The summed E-state index contributed by atoms with van der Waals surface area (Å²) in [6, 6.07) is 0. The Morgan fingerprint density at radius 3 is 1.73 bits per heavy atom. The maximum Gasteiger partial charge on any atom is 0.251 e. The van der Waals surface area contributed by atoms with E-state index in [0.29, 0.717) is 6.42 Å². The molecule has 1 amide bonds. The second-order valence-electron chi connectivity index (χ2n) is 13.0. The number of phenols is 2. The number of rotatable bonds is 2. The van der Waals surface area contributed by atoms with Crippen LogP contribution < -0.4 is 5.32 Å². The van der Waals surface area contributed by atoms with Gasteiger partial charge in [0.25, 0.3) is 5.91 Å². The van der Waals surface area contributed by atoms with Gasteiger partial charge in [-0.1, -0.05) is 52.0 Å². The molecule has 262 valence electrons. The van der Waals surface area contributed by atoms with Gasteiger partial charge in [0.05, 0.1) is 53.4 Å². The van der Waals surface area contributed by atoms with Gasteiger partial charge in [-0.15, -0.1) is 0 Å². The number of fused-ring (bicyclic) bond motifs is 15. The molecule has 2 aliphatic heterocycles. The molecule has 0 radical (unpaired) electrons. The molecule has 0 spiro atoms. The second-order valence-corrected chi connectivity index (χ2v) is 13.0. The number of aromatic hydroxyl groups is 2. The van der Waals surface area contributed by atoms with Gasteiger partial charge in [0, 0.05) is 46.8 Å². The molecule has 12 nitrogen and oxygen atoms in total. The molecule has 8 N–H and O–H groups in total. The molecular weight excluding hydrogens is 622 g/mol. The normalized spacial score (nSPS) is 34.1. The molecule has 0 fully saturated rings. The third-order valence-electron chi connectivity index (χ3n) is 9.83. The highest BCUT2D eigenvalue weighted by atomic mass is 16.3. The Hall–Kier alpha value is -3.94. The van der Waals surface area contributed by atoms with Gasteiger partial charge in [0.15, 0.2) is 11.6 Å². The molecule has 0 saturated heterocycles. The molecule has 3 aliphatic rings. The number of aliphatic hydroxyl groups excluding tert-OH is 5.